The maximum Gasteiger partial charge on any atom is 0.228 e. The molecule has 2 aromatic rings. The van der Waals surface area contributed by atoms with E-state index in [0.717, 1.165) is 48.6 Å². The van der Waals surface area contributed by atoms with Gasteiger partial charge in [0.25, 0.3) is 0 Å². The minimum absolute atomic E-state index is 0.200. The number of carbonyl (C=O) groups is 1. The molecule has 0 saturated carbocycles. The third-order valence-corrected chi connectivity index (χ3v) is 5.38. The molecule has 1 saturated heterocycles. The van der Waals surface area contributed by atoms with Crippen LogP contribution < -0.4 is 0 Å². The van der Waals surface area contributed by atoms with Gasteiger partial charge in [0, 0.05) is 18.1 Å². The van der Waals surface area contributed by atoms with Gasteiger partial charge in [-0.1, -0.05) is 6.92 Å². The molecule has 1 aliphatic heterocycles. The zero-order valence-electron chi connectivity index (χ0n) is 13.9. The molecule has 124 valence electrons. The van der Waals surface area contributed by atoms with Crippen LogP contribution in [-0.2, 0) is 24.2 Å². The van der Waals surface area contributed by atoms with E-state index in [-0.39, 0.29) is 11.9 Å². The Morgan fingerprint density at radius 2 is 2.30 bits per heavy atom. The number of nitrogens with zero attached hydrogens (tertiary/aromatic N) is 4. The number of aryl methyl sites for hydroxylation is 2. The fourth-order valence-electron chi connectivity index (χ4n) is 3.15. The summed E-state index contributed by atoms with van der Waals surface area (Å²) in [7, 11) is 0. The number of likely N-dealkylation sites (tertiary alicyclic amines) is 1. The van der Waals surface area contributed by atoms with Crippen molar-refractivity contribution >= 4 is 17.2 Å². The van der Waals surface area contributed by atoms with E-state index in [1.807, 2.05) is 34.3 Å². The SMILES string of the molecule is CCc1nc(CC(=O)N2CCCC[C@H]2Cn2cc(C)cn2)cs1. The van der Waals surface area contributed by atoms with Gasteiger partial charge in [-0.2, -0.15) is 5.10 Å². The van der Waals surface area contributed by atoms with Crippen molar-refractivity contribution in [3.05, 3.63) is 34.0 Å². The summed E-state index contributed by atoms with van der Waals surface area (Å²) in [5.41, 5.74) is 2.07. The maximum absolute atomic E-state index is 12.7. The summed E-state index contributed by atoms with van der Waals surface area (Å²) in [6, 6.07) is 0.250. The van der Waals surface area contributed by atoms with E-state index in [9.17, 15) is 4.79 Å². The zero-order chi connectivity index (χ0) is 16.2. The molecule has 3 heterocycles. The number of aromatic nitrogens is 3. The third kappa shape index (κ3) is 3.99. The first-order chi connectivity index (χ1) is 11.2. The molecule has 3 rings (SSSR count). The largest absolute Gasteiger partial charge is 0.338 e. The fraction of sp³-hybridized carbons (Fsp3) is 0.588. The van der Waals surface area contributed by atoms with Crippen LogP contribution in [-0.4, -0.2) is 38.2 Å². The second-order valence-electron chi connectivity index (χ2n) is 6.24. The molecule has 1 amide bonds. The number of hydrogen-bond donors (Lipinski definition) is 0. The molecule has 0 radical (unpaired) electrons. The molecule has 23 heavy (non-hydrogen) atoms. The van der Waals surface area contributed by atoms with Gasteiger partial charge in [-0.25, -0.2) is 4.98 Å². The Hall–Kier alpha value is -1.69. The Balaban J connectivity index is 1.66. The Labute approximate surface area is 141 Å². The van der Waals surface area contributed by atoms with E-state index >= 15 is 0 Å². The monoisotopic (exact) mass is 332 g/mol. The Morgan fingerprint density at radius 3 is 3.00 bits per heavy atom. The first-order valence-corrected chi connectivity index (χ1v) is 9.25. The Morgan fingerprint density at radius 1 is 1.43 bits per heavy atom. The summed E-state index contributed by atoms with van der Waals surface area (Å²) in [5.74, 6) is 0.200. The summed E-state index contributed by atoms with van der Waals surface area (Å²) >= 11 is 1.65. The van der Waals surface area contributed by atoms with Crippen molar-refractivity contribution in [2.75, 3.05) is 6.54 Å². The molecule has 5 nitrogen and oxygen atoms in total. The number of piperidine rings is 1. The van der Waals surface area contributed by atoms with Gasteiger partial charge in [-0.15, -0.1) is 11.3 Å². The van der Waals surface area contributed by atoms with E-state index in [4.69, 9.17) is 0 Å². The molecule has 0 unspecified atom stereocenters. The first-order valence-electron chi connectivity index (χ1n) is 8.37. The van der Waals surface area contributed by atoms with Crippen molar-refractivity contribution in [2.45, 2.75) is 58.5 Å². The van der Waals surface area contributed by atoms with E-state index in [0.29, 0.717) is 6.42 Å². The Kier molecular flexibility index (Phi) is 5.10. The molecule has 1 atom stereocenters. The average Bonchev–Trinajstić information content (AvgIpc) is 3.16. The van der Waals surface area contributed by atoms with E-state index in [2.05, 4.69) is 17.0 Å². The molecule has 0 N–H and O–H groups in total. The molecule has 0 bridgehead atoms. The van der Waals surface area contributed by atoms with Gasteiger partial charge in [-0.05, 0) is 38.2 Å². The summed E-state index contributed by atoms with van der Waals surface area (Å²) in [5, 5.41) is 7.50. The molecule has 0 aliphatic carbocycles. The summed E-state index contributed by atoms with van der Waals surface area (Å²) in [4.78, 5) is 19.3. The quantitative estimate of drug-likeness (QED) is 0.846. The highest BCUT2D eigenvalue weighted by Gasteiger charge is 2.27. The number of carbonyl (C=O) groups excluding carboxylic acids is 1. The summed E-state index contributed by atoms with van der Waals surface area (Å²) in [6.07, 6.45) is 8.61. The van der Waals surface area contributed by atoms with Gasteiger partial charge in [0.15, 0.2) is 0 Å². The van der Waals surface area contributed by atoms with Crippen molar-refractivity contribution in [1.29, 1.82) is 0 Å². The number of thiazole rings is 1. The van der Waals surface area contributed by atoms with Crippen molar-refractivity contribution in [3.8, 4) is 0 Å². The highest BCUT2D eigenvalue weighted by atomic mass is 32.1. The van der Waals surface area contributed by atoms with Gasteiger partial charge < -0.3 is 4.90 Å². The second-order valence-corrected chi connectivity index (χ2v) is 7.18. The lowest BCUT2D eigenvalue weighted by molar-refractivity contribution is -0.134. The summed E-state index contributed by atoms with van der Waals surface area (Å²) in [6.45, 7) is 5.78. The van der Waals surface area contributed by atoms with E-state index < -0.39 is 0 Å². The van der Waals surface area contributed by atoms with Crippen LogP contribution in [0.1, 0.15) is 42.5 Å². The van der Waals surface area contributed by atoms with Gasteiger partial charge in [-0.3, -0.25) is 9.48 Å². The number of rotatable bonds is 5. The van der Waals surface area contributed by atoms with Crippen LogP contribution in [0, 0.1) is 6.92 Å². The Bertz CT molecular complexity index is 663. The predicted molar refractivity (Wildman–Crippen MR) is 91.5 cm³/mol. The van der Waals surface area contributed by atoms with Crippen LogP contribution in [0.5, 0.6) is 0 Å². The lowest BCUT2D eigenvalue weighted by Gasteiger charge is -2.35. The van der Waals surface area contributed by atoms with Gasteiger partial charge in [0.1, 0.15) is 0 Å². The van der Waals surface area contributed by atoms with Crippen molar-refractivity contribution < 1.29 is 4.79 Å². The smallest absolute Gasteiger partial charge is 0.228 e. The molecule has 2 aromatic heterocycles. The van der Waals surface area contributed by atoms with Gasteiger partial charge >= 0.3 is 0 Å². The maximum atomic E-state index is 12.7. The molecular weight excluding hydrogens is 308 g/mol. The highest BCUT2D eigenvalue weighted by Crippen LogP contribution is 2.20. The number of hydrogen-bond acceptors (Lipinski definition) is 4. The fourth-order valence-corrected chi connectivity index (χ4v) is 3.90. The molecule has 1 aliphatic rings. The van der Waals surface area contributed by atoms with Crippen molar-refractivity contribution in [3.63, 3.8) is 0 Å². The van der Waals surface area contributed by atoms with Crippen LogP contribution in [0.4, 0.5) is 0 Å². The predicted octanol–water partition coefficient (Wildman–Crippen LogP) is 2.83. The standard InChI is InChI=1S/C17H24N4OS/c1-3-16-19-14(12-23-16)8-17(22)21-7-5-4-6-15(21)11-20-10-13(2)9-18-20/h9-10,12,15H,3-8,11H2,1-2H3/t15-/m0/s1. The van der Waals surface area contributed by atoms with Crippen LogP contribution >= 0.6 is 11.3 Å². The van der Waals surface area contributed by atoms with Crippen LogP contribution in [0.25, 0.3) is 0 Å². The van der Waals surface area contributed by atoms with Crippen LogP contribution in [0.2, 0.25) is 0 Å². The van der Waals surface area contributed by atoms with Gasteiger partial charge in [0.05, 0.1) is 35.9 Å². The van der Waals surface area contributed by atoms with E-state index in [1.165, 1.54) is 6.42 Å². The normalized spacial score (nSPS) is 18.3. The average molecular weight is 332 g/mol. The molecule has 1 fully saturated rings. The van der Waals surface area contributed by atoms with E-state index in [1.54, 1.807) is 11.3 Å². The van der Waals surface area contributed by atoms with Crippen molar-refractivity contribution in [1.82, 2.24) is 19.7 Å². The molecule has 0 spiro atoms. The minimum Gasteiger partial charge on any atom is -0.338 e. The lowest BCUT2D eigenvalue weighted by Crippen LogP contribution is -2.46. The van der Waals surface area contributed by atoms with Crippen LogP contribution in [0.15, 0.2) is 17.8 Å². The topological polar surface area (TPSA) is 51.0 Å². The van der Waals surface area contributed by atoms with Crippen LogP contribution in [0.3, 0.4) is 0 Å². The van der Waals surface area contributed by atoms with Crippen molar-refractivity contribution in [2.24, 2.45) is 0 Å². The molecule has 0 aromatic carbocycles. The third-order valence-electron chi connectivity index (χ3n) is 4.34. The molecule has 6 heteroatoms. The zero-order valence-corrected chi connectivity index (χ0v) is 14.7. The summed E-state index contributed by atoms with van der Waals surface area (Å²) < 4.78 is 1.96. The highest BCUT2D eigenvalue weighted by molar-refractivity contribution is 7.09. The number of amides is 1. The minimum atomic E-state index is 0.200. The van der Waals surface area contributed by atoms with Gasteiger partial charge in [0.2, 0.25) is 5.91 Å². The lowest BCUT2D eigenvalue weighted by atomic mass is 10.0. The first kappa shape index (κ1) is 16.2. The molecular formula is C17H24N4OS. The second kappa shape index (κ2) is 7.25.